The summed E-state index contributed by atoms with van der Waals surface area (Å²) in [7, 11) is 0. The van der Waals surface area contributed by atoms with Crippen LogP contribution in [0.15, 0.2) is 12.3 Å². The summed E-state index contributed by atoms with van der Waals surface area (Å²) in [5, 5.41) is 8.30. The van der Waals surface area contributed by atoms with E-state index in [-0.39, 0.29) is 0 Å². The van der Waals surface area contributed by atoms with Crippen molar-refractivity contribution in [1.82, 2.24) is 15.1 Å². The van der Waals surface area contributed by atoms with E-state index < -0.39 is 0 Å². The molecule has 1 aliphatic carbocycles. The van der Waals surface area contributed by atoms with Gasteiger partial charge >= 0.3 is 0 Å². The van der Waals surface area contributed by atoms with E-state index in [4.69, 9.17) is 5.10 Å². The highest BCUT2D eigenvalue weighted by Crippen LogP contribution is 2.33. The maximum Gasteiger partial charge on any atom is 0.0627 e. The Labute approximate surface area is 117 Å². The van der Waals surface area contributed by atoms with E-state index in [2.05, 4.69) is 50.0 Å². The van der Waals surface area contributed by atoms with Crippen LogP contribution in [0.1, 0.15) is 58.7 Å². The second-order valence-corrected chi connectivity index (χ2v) is 6.60. The van der Waals surface area contributed by atoms with Crippen LogP contribution in [-0.2, 0) is 6.42 Å². The fourth-order valence-electron chi connectivity index (χ4n) is 3.08. The average Bonchev–Trinajstić information content (AvgIpc) is 2.96. The van der Waals surface area contributed by atoms with Gasteiger partial charge in [-0.1, -0.05) is 20.3 Å². The Kier molecular flexibility index (Phi) is 5.03. The molecule has 0 spiro atoms. The highest BCUT2D eigenvalue weighted by molar-refractivity contribution is 5.02. The monoisotopic (exact) mass is 263 g/mol. The van der Waals surface area contributed by atoms with E-state index in [1.165, 1.54) is 31.5 Å². The molecule has 1 aromatic heterocycles. The predicted octanol–water partition coefficient (Wildman–Crippen LogP) is 3.42. The third-order valence-corrected chi connectivity index (χ3v) is 4.27. The lowest BCUT2D eigenvalue weighted by Crippen LogP contribution is -2.31. The molecule has 3 heteroatoms. The minimum absolute atomic E-state index is 0.468. The molecule has 1 aliphatic rings. The van der Waals surface area contributed by atoms with Gasteiger partial charge < -0.3 is 5.32 Å². The van der Waals surface area contributed by atoms with Crippen LogP contribution in [0.2, 0.25) is 0 Å². The fraction of sp³-hybridized carbons (Fsp3) is 0.812. The van der Waals surface area contributed by atoms with Crippen molar-refractivity contribution < 1.29 is 0 Å². The van der Waals surface area contributed by atoms with Crippen molar-refractivity contribution >= 4 is 0 Å². The molecular weight excluding hydrogens is 234 g/mol. The molecule has 2 atom stereocenters. The van der Waals surface area contributed by atoms with Crippen molar-refractivity contribution in [2.75, 3.05) is 6.54 Å². The molecule has 1 heterocycles. The van der Waals surface area contributed by atoms with E-state index in [0.29, 0.717) is 12.1 Å². The van der Waals surface area contributed by atoms with Gasteiger partial charge in [0.2, 0.25) is 0 Å². The van der Waals surface area contributed by atoms with Gasteiger partial charge in [-0.15, -0.1) is 0 Å². The minimum Gasteiger partial charge on any atom is -0.314 e. The van der Waals surface area contributed by atoms with Gasteiger partial charge in [-0.05, 0) is 57.6 Å². The Morgan fingerprint density at radius 1 is 1.26 bits per heavy atom. The molecular formula is C16H29N3. The third-order valence-electron chi connectivity index (χ3n) is 4.27. The van der Waals surface area contributed by atoms with E-state index >= 15 is 0 Å². The first-order valence-corrected chi connectivity index (χ1v) is 7.83. The Morgan fingerprint density at radius 3 is 2.63 bits per heavy atom. The lowest BCUT2D eigenvalue weighted by atomic mass is 9.91. The Bertz CT molecular complexity index is 381. The van der Waals surface area contributed by atoms with Crippen LogP contribution in [0.4, 0.5) is 0 Å². The summed E-state index contributed by atoms with van der Waals surface area (Å²) in [6, 6.07) is 3.27. The smallest absolute Gasteiger partial charge is 0.0627 e. The largest absolute Gasteiger partial charge is 0.314 e. The first kappa shape index (κ1) is 14.6. The van der Waals surface area contributed by atoms with Crippen LogP contribution in [0.25, 0.3) is 0 Å². The molecule has 0 bridgehead atoms. The van der Waals surface area contributed by atoms with Crippen molar-refractivity contribution in [3.63, 3.8) is 0 Å². The van der Waals surface area contributed by atoms with Crippen LogP contribution in [-0.4, -0.2) is 22.4 Å². The second kappa shape index (κ2) is 6.56. The van der Waals surface area contributed by atoms with Crippen molar-refractivity contribution in [3.05, 3.63) is 18.0 Å². The summed E-state index contributed by atoms with van der Waals surface area (Å²) < 4.78 is 2.08. The molecule has 0 saturated heterocycles. The summed E-state index contributed by atoms with van der Waals surface area (Å²) in [5.74, 6) is 1.66. The van der Waals surface area contributed by atoms with Gasteiger partial charge in [0.1, 0.15) is 0 Å². The number of aromatic nitrogens is 2. The number of hydrogen-bond acceptors (Lipinski definition) is 2. The van der Waals surface area contributed by atoms with Crippen molar-refractivity contribution in [2.24, 2.45) is 11.8 Å². The minimum atomic E-state index is 0.468. The van der Waals surface area contributed by atoms with Gasteiger partial charge in [0.25, 0.3) is 0 Å². The molecule has 2 rings (SSSR count). The summed E-state index contributed by atoms with van der Waals surface area (Å²) in [5.41, 5.74) is 1.27. The number of nitrogens with one attached hydrogen (secondary N) is 1. The first-order chi connectivity index (χ1) is 9.06. The summed E-state index contributed by atoms with van der Waals surface area (Å²) in [6.45, 7) is 10.00. The normalized spacial score (nSPS) is 23.7. The van der Waals surface area contributed by atoms with Gasteiger partial charge in [0.05, 0.1) is 5.69 Å². The standard InChI is InChI=1S/C16H29N3/c1-12(2)17-11-15-7-5-6-14(15)10-16-8-9-19(18-16)13(3)4/h8-9,12-15,17H,5-7,10-11H2,1-4H3. The van der Waals surface area contributed by atoms with Crippen molar-refractivity contribution in [2.45, 2.75) is 65.5 Å². The molecule has 1 N–H and O–H groups in total. The van der Waals surface area contributed by atoms with Crippen LogP contribution in [0.3, 0.4) is 0 Å². The Morgan fingerprint density at radius 2 is 2.00 bits per heavy atom. The van der Waals surface area contributed by atoms with Gasteiger partial charge in [-0.3, -0.25) is 4.68 Å². The van der Waals surface area contributed by atoms with Crippen molar-refractivity contribution in [3.8, 4) is 0 Å². The summed E-state index contributed by atoms with van der Waals surface area (Å²) >= 11 is 0. The first-order valence-electron chi connectivity index (χ1n) is 7.83. The zero-order valence-corrected chi connectivity index (χ0v) is 12.9. The van der Waals surface area contributed by atoms with Gasteiger partial charge in [0.15, 0.2) is 0 Å². The van der Waals surface area contributed by atoms with Gasteiger partial charge in [-0.2, -0.15) is 5.10 Å². The summed E-state index contributed by atoms with van der Waals surface area (Å²) in [6.07, 6.45) is 7.43. The van der Waals surface area contributed by atoms with Gasteiger partial charge in [-0.25, -0.2) is 0 Å². The van der Waals surface area contributed by atoms with E-state index in [0.717, 1.165) is 18.3 Å². The van der Waals surface area contributed by atoms with Gasteiger partial charge in [0, 0.05) is 18.3 Å². The zero-order chi connectivity index (χ0) is 13.8. The highest BCUT2D eigenvalue weighted by Gasteiger charge is 2.27. The average molecular weight is 263 g/mol. The molecule has 1 saturated carbocycles. The molecule has 19 heavy (non-hydrogen) atoms. The maximum atomic E-state index is 4.70. The Hall–Kier alpha value is -0.830. The van der Waals surface area contributed by atoms with E-state index in [1.54, 1.807) is 0 Å². The van der Waals surface area contributed by atoms with E-state index in [9.17, 15) is 0 Å². The topological polar surface area (TPSA) is 29.9 Å². The molecule has 1 aromatic rings. The van der Waals surface area contributed by atoms with Crippen LogP contribution < -0.4 is 5.32 Å². The lowest BCUT2D eigenvalue weighted by Gasteiger charge is -2.20. The van der Waals surface area contributed by atoms with Crippen LogP contribution >= 0.6 is 0 Å². The quantitative estimate of drug-likeness (QED) is 0.852. The Balaban J connectivity index is 1.89. The number of nitrogens with zero attached hydrogens (tertiary/aromatic N) is 2. The molecule has 3 nitrogen and oxygen atoms in total. The molecule has 0 aliphatic heterocycles. The second-order valence-electron chi connectivity index (χ2n) is 6.60. The van der Waals surface area contributed by atoms with E-state index in [1.807, 2.05) is 0 Å². The molecule has 0 radical (unpaired) electrons. The molecule has 0 amide bonds. The van der Waals surface area contributed by atoms with Crippen molar-refractivity contribution in [1.29, 1.82) is 0 Å². The predicted molar refractivity (Wildman–Crippen MR) is 80.3 cm³/mol. The maximum absolute atomic E-state index is 4.70. The third kappa shape index (κ3) is 4.07. The molecule has 0 aromatic carbocycles. The SMILES string of the molecule is CC(C)NCC1CCCC1Cc1ccn(C(C)C)n1. The lowest BCUT2D eigenvalue weighted by molar-refractivity contribution is 0.350. The fourth-order valence-corrected chi connectivity index (χ4v) is 3.08. The number of hydrogen-bond donors (Lipinski definition) is 1. The summed E-state index contributed by atoms with van der Waals surface area (Å²) in [4.78, 5) is 0. The zero-order valence-electron chi connectivity index (χ0n) is 12.9. The highest BCUT2D eigenvalue weighted by atomic mass is 15.3. The molecule has 2 unspecified atom stereocenters. The molecule has 108 valence electrons. The number of rotatable bonds is 6. The van der Waals surface area contributed by atoms with Crippen LogP contribution in [0.5, 0.6) is 0 Å². The molecule has 1 fully saturated rings. The van der Waals surface area contributed by atoms with Crippen LogP contribution in [0, 0.1) is 11.8 Å².